The van der Waals surface area contributed by atoms with Crippen molar-refractivity contribution in [1.29, 1.82) is 0 Å². The molecule has 3 unspecified atom stereocenters. The molecule has 0 spiro atoms. The fourth-order valence-corrected chi connectivity index (χ4v) is 10.9. The molecule has 0 aliphatic heterocycles. The molecule has 1 amide bonds. The third-order valence-corrected chi connectivity index (χ3v) is 16.5. The molecule has 0 aliphatic rings. The van der Waals surface area contributed by atoms with E-state index in [0.717, 1.165) is 44.9 Å². The van der Waals surface area contributed by atoms with Gasteiger partial charge in [-0.15, -0.1) is 0 Å². The number of aliphatic hydroxyl groups excluding tert-OH is 1. The number of aliphatic hydroxyl groups is 1. The molecule has 0 aromatic rings. The van der Waals surface area contributed by atoms with E-state index < -0.39 is 26.6 Å². The van der Waals surface area contributed by atoms with Gasteiger partial charge in [0.05, 0.1) is 39.9 Å². The van der Waals surface area contributed by atoms with Crippen molar-refractivity contribution in [3.05, 3.63) is 48.6 Å². The van der Waals surface area contributed by atoms with Crippen LogP contribution >= 0.6 is 7.82 Å². The van der Waals surface area contributed by atoms with Crippen molar-refractivity contribution in [2.45, 2.75) is 347 Å². The number of quaternary nitrogens is 1. The van der Waals surface area contributed by atoms with E-state index in [-0.39, 0.29) is 12.5 Å². The van der Waals surface area contributed by atoms with Gasteiger partial charge >= 0.3 is 0 Å². The minimum atomic E-state index is -4.61. The summed E-state index contributed by atoms with van der Waals surface area (Å²) in [5.41, 5.74) is 0. The molecular formula is C69H133N2O6P. The Morgan fingerprint density at radius 3 is 1.12 bits per heavy atom. The molecule has 0 rings (SSSR count). The van der Waals surface area contributed by atoms with Crippen molar-refractivity contribution in [3.63, 3.8) is 0 Å². The zero-order valence-electron chi connectivity index (χ0n) is 52.6. The monoisotopic (exact) mass is 1120 g/mol. The Balaban J connectivity index is 4.12. The van der Waals surface area contributed by atoms with Crippen LogP contribution in [0.3, 0.4) is 0 Å². The summed E-state index contributed by atoms with van der Waals surface area (Å²) >= 11 is 0. The summed E-state index contributed by atoms with van der Waals surface area (Å²) in [6, 6.07) is -0.905. The number of amides is 1. The van der Waals surface area contributed by atoms with Crippen LogP contribution in [0.4, 0.5) is 0 Å². The topological polar surface area (TPSA) is 108 Å². The smallest absolute Gasteiger partial charge is 0.268 e. The van der Waals surface area contributed by atoms with Gasteiger partial charge in [0, 0.05) is 6.42 Å². The van der Waals surface area contributed by atoms with Crippen LogP contribution in [-0.2, 0) is 18.4 Å². The molecule has 9 heteroatoms. The number of unbranched alkanes of at least 4 members (excludes halogenated alkanes) is 44. The van der Waals surface area contributed by atoms with Gasteiger partial charge in [0.2, 0.25) is 5.91 Å². The lowest BCUT2D eigenvalue weighted by Gasteiger charge is -2.29. The largest absolute Gasteiger partial charge is 0.756 e. The number of rotatable bonds is 63. The maximum Gasteiger partial charge on any atom is 0.268 e. The van der Waals surface area contributed by atoms with Gasteiger partial charge in [0.15, 0.2) is 0 Å². The molecule has 0 fully saturated rings. The number of carbonyl (C=O) groups excluding carboxylic acids is 1. The lowest BCUT2D eigenvalue weighted by atomic mass is 10.0. The van der Waals surface area contributed by atoms with Gasteiger partial charge in [0.1, 0.15) is 13.2 Å². The van der Waals surface area contributed by atoms with Crippen molar-refractivity contribution in [3.8, 4) is 0 Å². The lowest BCUT2D eigenvalue weighted by molar-refractivity contribution is -0.870. The number of hydrogen-bond donors (Lipinski definition) is 2. The number of nitrogens with zero attached hydrogens (tertiary/aromatic N) is 1. The molecular weight excluding hydrogens is 984 g/mol. The maximum atomic E-state index is 13.0. The summed E-state index contributed by atoms with van der Waals surface area (Å²) in [5, 5.41) is 13.9. The highest BCUT2D eigenvalue weighted by Crippen LogP contribution is 2.38. The second-order valence-corrected chi connectivity index (χ2v) is 25.9. The average Bonchev–Trinajstić information content (AvgIpc) is 3.41. The van der Waals surface area contributed by atoms with Gasteiger partial charge in [-0.2, -0.15) is 0 Å². The van der Waals surface area contributed by atoms with E-state index in [4.69, 9.17) is 9.05 Å². The molecule has 0 bridgehead atoms. The quantitative estimate of drug-likeness (QED) is 0.0272. The number of carbonyl (C=O) groups is 1. The fraction of sp³-hybridized carbons (Fsp3) is 0.870. The number of allylic oxidation sites excluding steroid dienone is 7. The molecule has 78 heavy (non-hydrogen) atoms. The molecule has 0 aromatic carbocycles. The molecule has 3 atom stereocenters. The van der Waals surface area contributed by atoms with Crippen molar-refractivity contribution in [2.24, 2.45) is 0 Å². The Labute approximate surface area is 486 Å². The van der Waals surface area contributed by atoms with E-state index in [0.29, 0.717) is 17.4 Å². The molecule has 0 aliphatic carbocycles. The number of hydrogen-bond acceptors (Lipinski definition) is 6. The van der Waals surface area contributed by atoms with Gasteiger partial charge in [-0.1, -0.05) is 313 Å². The first-order chi connectivity index (χ1) is 38.0. The predicted molar refractivity (Wildman–Crippen MR) is 339 cm³/mol. The number of phosphoric ester groups is 1. The summed E-state index contributed by atoms with van der Waals surface area (Å²) in [5.74, 6) is -0.203. The molecule has 460 valence electrons. The maximum absolute atomic E-state index is 13.0. The third kappa shape index (κ3) is 62.1. The first-order valence-electron chi connectivity index (χ1n) is 34.0. The Morgan fingerprint density at radius 1 is 0.449 bits per heavy atom. The Morgan fingerprint density at radius 2 is 0.756 bits per heavy atom. The number of likely N-dealkylation sites (N-methyl/N-ethyl adjacent to an activating group) is 1. The van der Waals surface area contributed by atoms with Gasteiger partial charge in [0.25, 0.3) is 7.82 Å². The first kappa shape index (κ1) is 76.5. The van der Waals surface area contributed by atoms with Crippen molar-refractivity contribution >= 4 is 13.7 Å². The van der Waals surface area contributed by atoms with E-state index in [1.54, 1.807) is 6.08 Å². The lowest BCUT2D eigenvalue weighted by Crippen LogP contribution is -2.45. The van der Waals surface area contributed by atoms with Gasteiger partial charge < -0.3 is 28.8 Å². The molecule has 2 N–H and O–H groups in total. The molecule has 8 nitrogen and oxygen atoms in total. The van der Waals surface area contributed by atoms with E-state index in [9.17, 15) is 19.4 Å². The van der Waals surface area contributed by atoms with Crippen LogP contribution in [0.5, 0.6) is 0 Å². The summed E-state index contributed by atoms with van der Waals surface area (Å²) in [6.07, 6.45) is 80.9. The van der Waals surface area contributed by atoms with Crippen LogP contribution in [0.25, 0.3) is 0 Å². The summed E-state index contributed by atoms with van der Waals surface area (Å²) in [7, 11) is 1.25. The summed E-state index contributed by atoms with van der Waals surface area (Å²) in [6.45, 7) is 4.67. The number of phosphoric acid groups is 1. The van der Waals surface area contributed by atoms with E-state index in [1.807, 2.05) is 27.2 Å². The van der Waals surface area contributed by atoms with Crippen LogP contribution in [0, 0.1) is 0 Å². The third-order valence-electron chi connectivity index (χ3n) is 15.5. The SMILES string of the molecule is CCCCCCC/C=C\C/C=C\CCCCCCCCCCCCCCCCCC(=O)NC(COP(=O)([O-])OCC[N+](C)(C)C)C(O)/C=C/CC/C=C/CCCCCCCCCCCCCCCCCCCCCCCCC. The standard InChI is InChI=1S/C69H133N2O6P/c1-6-8-10-12-14-16-18-20-22-24-26-28-30-32-34-35-37-38-40-42-44-46-48-50-52-54-56-58-60-62-68(72)67(66-77-78(74,75)76-65-64-71(3,4)5)70-69(73)63-61-59-57-55-53-51-49-47-45-43-41-39-36-33-31-29-27-25-23-21-19-17-15-13-11-9-7-2/h19,21,25,27,52,54,60,62,67-68,72H,6-18,20,22-24,26,28-51,53,55-59,61,63-66H2,1-5H3,(H-,70,73,74,75)/b21-19-,27-25-,54-52+,62-60+. The number of nitrogens with one attached hydrogen (secondary N) is 1. The first-order valence-corrected chi connectivity index (χ1v) is 35.5. The summed E-state index contributed by atoms with van der Waals surface area (Å²) in [4.78, 5) is 25.6. The van der Waals surface area contributed by atoms with Crippen molar-refractivity contribution in [1.82, 2.24) is 5.32 Å². The van der Waals surface area contributed by atoms with E-state index in [1.165, 1.54) is 270 Å². The van der Waals surface area contributed by atoms with Crippen LogP contribution in [0.1, 0.15) is 335 Å². The minimum absolute atomic E-state index is 0.00599. The molecule has 0 radical (unpaired) electrons. The highest BCUT2D eigenvalue weighted by molar-refractivity contribution is 7.45. The Bertz CT molecular complexity index is 1410. The van der Waals surface area contributed by atoms with Crippen molar-refractivity contribution in [2.75, 3.05) is 40.9 Å². The second kappa shape index (κ2) is 60.1. The zero-order valence-corrected chi connectivity index (χ0v) is 53.5. The Kier molecular flexibility index (Phi) is 58.9. The highest BCUT2D eigenvalue weighted by atomic mass is 31.2. The van der Waals surface area contributed by atoms with Crippen LogP contribution < -0.4 is 10.2 Å². The van der Waals surface area contributed by atoms with Gasteiger partial charge in [-0.25, -0.2) is 0 Å². The second-order valence-electron chi connectivity index (χ2n) is 24.5. The van der Waals surface area contributed by atoms with Gasteiger partial charge in [-0.3, -0.25) is 9.36 Å². The zero-order chi connectivity index (χ0) is 57.0. The predicted octanol–water partition coefficient (Wildman–Crippen LogP) is 20.8. The van der Waals surface area contributed by atoms with Crippen molar-refractivity contribution < 1.29 is 32.9 Å². The van der Waals surface area contributed by atoms with Gasteiger partial charge in [-0.05, 0) is 64.2 Å². The van der Waals surface area contributed by atoms with Crippen LogP contribution in [0.15, 0.2) is 48.6 Å². The minimum Gasteiger partial charge on any atom is -0.756 e. The van der Waals surface area contributed by atoms with E-state index >= 15 is 0 Å². The highest BCUT2D eigenvalue weighted by Gasteiger charge is 2.23. The van der Waals surface area contributed by atoms with E-state index in [2.05, 4.69) is 55.6 Å². The molecule has 0 aromatic heterocycles. The normalized spacial score (nSPS) is 14.0. The van der Waals surface area contributed by atoms with Crippen LogP contribution in [-0.4, -0.2) is 68.5 Å². The van der Waals surface area contributed by atoms with Crippen LogP contribution in [0.2, 0.25) is 0 Å². The molecule has 0 saturated carbocycles. The Hall–Kier alpha value is -1.54. The average molecular weight is 1120 g/mol. The fourth-order valence-electron chi connectivity index (χ4n) is 10.2. The summed E-state index contributed by atoms with van der Waals surface area (Å²) < 4.78 is 23.4. The molecule has 0 heterocycles. The molecule has 0 saturated heterocycles.